The molecule has 1 amide bonds. The van der Waals surface area contributed by atoms with Gasteiger partial charge in [-0.3, -0.25) is 4.79 Å². The molecule has 0 aliphatic rings. The molecule has 0 bridgehead atoms. The zero-order chi connectivity index (χ0) is 12.1. The first-order valence-electron chi connectivity index (χ1n) is 5.26. The van der Waals surface area contributed by atoms with Gasteiger partial charge in [0.05, 0.1) is 0 Å². The maximum atomic E-state index is 13.2. The van der Waals surface area contributed by atoms with Gasteiger partial charge in [0.1, 0.15) is 5.82 Å². The average molecular weight is 224 g/mol. The standard InChI is InChI=1S/C12H17FN2O/c1-8(7-14-3)12(16)15-11-6-4-5-10(13)9(11)2/h4-6,8,14H,7H2,1-3H3,(H,15,16). The number of anilines is 1. The molecular weight excluding hydrogens is 207 g/mol. The zero-order valence-corrected chi connectivity index (χ0v) is 9.80. The number of carbonyl (C=O) groups is 1. The summed E-state index contributed by atoms with van der Waals surface area (Å²) in [5.41, 5.74) is 1.00. The Labute approximate surface area is 95.0 Å². The highest BCUT2D eigenvalue weighted by molar-refractivity contribution is 5.93. The minimum atomic E-state index is -0.306. The summed E-state index contributed by atoms with van der Waals surface area (Å²) in [6, 6.07) is 4.66. The van der Waals surface area contributed by atoms with E-state index in [0.29, 0.717) is 17.8 Å². The van der Waals surface area contributed by atoms with Crippen LogP contribution in [0.2, 0.25) is 0 Å². The molecule has 0 heterocycles. The molecule has 1 unspecified atom stereocenters. The van der Waals surface area contributed by atoms with Crippen molar-refractivity contribution in [1.82, 2.24) is 5.32 Å². The molecule has 4 heteroatoms. The lowest BCUT2D eigenvalue weighted by Gasteiger charge is -2.13. The van der Waals surface area contributed by atoms with Crippen LogP contribution >= 0.6 is 0 Å². The second kappa shape index (κ2) is 5.61. The van der Waals surface area contributed by atoms with E-state index < -0.39 is 0 Å². The molecule has 3 nitrogen and oxygen atoms in total. The summed E-state index contributed by atoms with van der Waals surface area (Å²) in [5.74, 6) is -0.560. The van der Waals surface area contributed by atoms with E-state index in [1.165, 1.54) is 6.07 Å². The third kappa shape index (κ3) is 3.03. The molecule has 88 valence electrons. The van der Waals surface area contributed by atoms with Gasteiger partial charge < -0.3 is 10.6 Å². The Hall–Kier alpha value is -1.42. The minimum Gasteiger partial charge on any atom is -0.325 e. The Kier molecular flexibility index (Phi) is 4.43. The van der Waals surface area contributed by atoms with Crippen LogP contribution in [0.4, 0.5) is 10.1 Å². The monoisotopic (exact) mass is 224 g/mol. The van der Waals surface area contributed by atoms with E-state index in [4.69, 9.17) is 0 Å². The van der Waals surface area contributed by atoms with E-state index in [9.17, 15) is 9.18 Å². The van der Waals surface area contributed by atoms with Crippen molar-refractivity contribution >= 4 is 11.6 Å². The van der Waals surface area contributed by atoms with Gasteiger partial charge >= 0.3 is 0 Å². The van der Waals surface area contributed by atoms with Gasteiger partial charge in [-0.1, -0.05) is 13.0 Å². The van der Waals surface area contributed by atoms with Crippen molar-refractivity contribution in [1.29, 1.82) is 0 Å². The van der Waals surface area contributed by atoms with Crippen molar-refractivity contribution < 1.29 is 9.18 Å². The first-order valence-corrected chi connectivity index (χ1v) is 5.26. The number of amides is 1. The average Bonchev–Trinajstić information content (AvgIpc) is 2.25. The largest absolute Gasteiger partial charge is 0.325 e. The molecule has 1 aromatic carbocycles. The fourth-order valence-corrected chi connectivity index (χ4v) is 1.40. The maximum absolute atomic E-state index is 13.2. The third-order valence-corrected chi connectivity index (χ3v) is 2.48. The lowest BCUT2D eigenvalue weighted by atomic mass is 10.1. The maximum Gasteiger partial charge on any atom is 0.228 e. The number of rotatable bonds is 4. The molecule has 2 N–H and O–H groups in total. The van der Waals surface area contributed by atoms with Crippen LogP contribution in [0.3, 0.4) is 0 Å². The number of hydrogen-bond donors (Lipinski definition) is 2. The molecule has 0 fully saturated rings. The van der Waals surface area contributed by atoms with E-state index in [1.54, 1.807) is 26.1 Å². The first kappa shape index (κ1) is 12.6. The van der Waals surface area contributed by atoms with Crippen molar-refractivity contribution in [2.45, 2.75) is 13.8 Å². The van der Waals surface area contributed by atoms with Gasteiger partial charge in [-0.15, -0.1) is 0 Å². The lowest BCUT2D eigenvalue weighted by molar-refractivity contribution is -0.119. The fourth-order valence-electron chi connectivity index (χ4n) is 1.40. The first-order chi connectivity index (χ1) is 7.56. The predicted octanol–water partition coefficient (Wildman–Crippen LogP) is 1.93. The Balaban J connectivity index is 2.73. The Morgan fingerprint density at radius 2 is 2.19 bits per heavy atom. The Morgan fingerprint density at radius 1 is 1.50 bits per heavy atom. The summed E-state index contributed by atoms with van der Waals surface area (Å²) < 4.78 is 13.2. The number of halogens is 1. The topological polar surface area (TPSA) is 41.1 Å². The Morgan fingerprint density at radius 3 is 2.81 bits per heavy atom. The van der Waals surface area contributed by atoms with Gasteiger partial charge in [0.2, 0.25) is 5.91 Å². The molecule has 1 aromatic rings. The number of benzene rings is 1. The zero-order valence-electron chi connectivity index (χ0n) is 9.80. The van der Waals surface area contributed by atoms with Crippen LogP contribution in [-0.4, -0.2) is 19.5 Å². The van der Waals surface area contributed by atoms with Crippen LogP contribution in [0.5, 0.6) is 0 Å². The van der Waals surface area contributed by atoms with Crippen molar-refractivity contribution in [3.05, 3.63) is 29.6 Å². The summed E-state index contributed by atoms with van der Waals surface area (Å²) in [7, 11) is 1.79. The number of carbonyl (C=O) groups excluding carboxylic acids is 1. The van der Waals surface area contributed by atoms with Gasteiger partial charge in [0.15, 0.2) is 0 Å². The molecule has 0 radical (unpaired) electrons. The van der Waals surface area contributed by atoms with Gasteiger partial charge in [-0.05, 0) is 26.1 Å². The highest BCUT2D eigenvalue weighted by atomic mass is 19.1. The van der Waals surface area contributed by atoms with E-state index >= 15 is 0 Å². The van der Waals surface area contributed by atoms with Crippen molar-refractivity contribution in [3.63, 3.8) is 0 Å². The van der Waals surface area contributed by atoms with Crippen LogP contribution < -0.4 is 10.6 Å². The quantitative estimate of drug-likeness (QED) is 0.820. The Bertz CT molecular complexity index is 379. The van der Waals surface area contributed by atoms with Crippen LogP contribution in [0.25, 0.3) is 0 Å². The SMILES string of the molecule is CNCC(C)C(=O)Nc1cccc(F)c1C. The van der Waals surface area contributed by atoms with Gasteiger partial charge in [-0.2, -0.15) is 0 Å². The third-order valence-electron chi connectivity index (χ3n) is 2.48. The fraction of sp³-hybridized carbons (Fsp3) is 0.417. The predicted molar refractivity (Wildman–Crippen MR) is 62.9 cm³/mol. The van der Waals surface area contributed by atoms with Gasteiger partial charge in [-0.25, -0.2) is 4.39 Å². The minimum absolute atomic E-state index is 0.108. The van der Waals surface area contributed by atoms with Crippen molar-refractivity contribution in [2.75, 3.05) is 18.9 Å². The van der Waals surface area contributed by atoms with E-state index in [-0.39, 0.29) is 17.6 Å². The molecule has 0 saturated heterocycles. The molecule has 0 aromatic heterocycles. The summed E-state index contributed by atoms with van der Waals surface area (Å²) in [5, 5.41) is 5.64. The summed E-state index contributed by atoms with van der Waals surface area (Å²) in [6.07, 6.45) is 0. The highest BCUT2D eigenvalue weighted by Gasteiger charge is 2.13. The van der Waals surface area contributed by atoms with E-state index in [2.05, 4.69) is 10.6 Å². The van der Waals surface area contributed by atoms with Gasteiger partial charge in [0.25, 0.3) is 0 Å². The molecule has 0 saturated carbocycles. The molecule has 0 aliphatic carbocycles. The summed E-state index contributed by atoms with van der Waals surface area (Å²) in [6.45, 7) is 4.06. The van der Waals surface area contributed by atoms with Gasteiger partial charge in [0, 0.05) is 23.7 Å². The van der Waals surface area contributed by atoms with Crippen molar-refractivity contribution in [2.24, 2.45) is 5.92 Å². The molecule has 1 rings (SSSR count). The van der Waals surface area contributed by atoms with Crippen LogP contribution in [0.15, 0.2) is 18.2 Å². The molecule has 16 heavy (non-hydrogen) atoms. The highest BCUT2D eigenvalue weighted by Crippen LogP contribution is 2.17. The molecular formula is C12H17FN2O. The lowest BCUT2D eigenvalue weighted by Crippen LogP contribution is -2.28. The van der Waals surface area contributed by atoms with Crippen LogP contribution in [0, 0.1) is 18.7 Å². The molecule has 1 atom stereocenters. The van der Waals surface area contributed by atoms with Crippen LogP contribution in [0.1, 0.15) is 12.5 Å². The van der Waals surface area contributed by atoms with E-state index in [1.807, 2.05) is 6.92 Å². The molecule has 0 aliphatic heterocycles. The van der Waals surface area contributed by atoms with Crippen LogP contribution in [-0.2, 0) is 4.79 Å². The van der Waals surface area contributed by atoms with Crippen molar-refractivity contribution in [3.8, 4) is 0 Å². The summed E-state index contributed by atoms with van der Waals surface area (Å²) in [4.78, 5) is 11.7. The molecule has 0 spiro atoms. The smallest absolute Gasteiger partial charge is 0.228 e. The second-order valence-electron chi connectivity index (χ2n) is 3.86. The normalized spacial score (nSPS) is 12.2. The second-order valence-corrected chi connectivity index (χ2v) is 3.86. The number of nitrogens with one attached hydrogen (secondary N) is 2. The number of hydrogen-bond acceptors (Lipinski definition) is 2. The van der Waals surface area contributed by atoms with E-state index in [0.717, 1.165) is 0 Å². The summed E-state index contributed by atoms with van der Waals surface area (Å²) >= 11 is 0.